The molecular formula is C80H156O17P2. The van der Waals surface area contributed by atoms with E-state index >= 15 is 0 Å². The molecular weight excluding hydrogens is 1290 g/mol. The highest BCUT2D eigenvalue weighted by Gasteiger charge is 2.30. The second-order valence-corrected chi connectivity index (χ2v) is 32.9. The lowest BCUT2D eigenvalue weighted by atomic mass is 9.99. The summed E-state index contributed by atoms with van der Waals surface area (Å²) in [5.41, 5.74) is 0. The predicted octanol–water partition coefficient (Wildman–Crippen LogP) is 23.7. The number of ether oxygens (including phenoxy) is 4. The lowest BCUT2D eigenvalue weighted by molar-refractivity contribution is -0.161. The Balaban J connectivity index is 5.19. The molecule has 0 spiro atoms. The van der Waals surface area contributed by atoms with E-state index < -0.39 is 97.5 Å². The Bertz CT molecular complexity index is 1920. The molecule has 0 bridgehead atoms. The highest BCUT2D eigenvalue weighted by atomic mass is 31.2. The summed E-state index contributed by atoms with van der Waals surface area (Å²) in [6, 6.07) is 0. The van der Waals surface area contributed by atoms with Crippen LogP contribution in [0, 0.1) is 17.8 Å². The fraction of sp³-hybridized carbons (Fsp3) is 0.950. The molecule has 17 nitrogen and oxygen atoms in total. The Morgan fingerprint density at radius 1 is 0.293 bits per heavy atom. The number of esters is 4. The SMILES string of the molecule is CCCCCCCCCC(=O)OC[C@H](COP(=O)(O)OC[C@H](O)COP(=O)(O)OC[C@@H](COC(=O)CCCCCCCCCCCCCCCCC(C)C)OC(=O)CCCCCCCCCCCCCCCCC(C)CC)OC(=O)CCCCCCCCCCCCCCCCC(C)C. The van der Waals surface area contributed by atoms with E-state index in [1.165, 1.54) is 212 Å². The maximum Gasteiger partial charge on any atom is 0.472 e. The van der Waals surface area contributed by atoms with Gasteiger partial charge in [-0.3, -0.25) is 37.3 Å². The fourth-order valence-electron chi connectivity index (χ4n) is 12.3. The first kappa shape index (κ1) is 97.1. The van der Waals surface area contributed by atoms with Crippen LogP contribution in [0.4, 0.5) is 0 Å². The number of aliphatic hydroxyl groups is 1. The van der Waals surface area contributed by atoms with Crippen LogP contribution in [0.2, 0.25) is 0 Å². The molecule has 0 aliphatic heterocycles. The average Bonchev–Trinajstić information content (AvgIpc) is 1.03. The van der Waals surface area contributed by atoms with E-state index in [1.807, 2.05) is 0 Å². The zero-order valence-corrected chi connectivity index (χ0v) is 66.8. The third-order valence-corrected chi connectivity index (χ3v) is 20.9. The normalized spacial score (nSPS) is 14.3. The fourth-order valence-corrected chi connectivity index (χ4v) is 13.9. The molecule has 0 aliphatic carbocycles. The van der Waals surface area contributed by atoms with Gasteiger partial charge in [0.05, 0.1) is 26.4 Å². The van der Waals surface area contributed by atoms with Crippen LogP contribution in [0.25, 0.3) is 0 Å². The van der Waals surface area contributed by atoms with Crippen molar-refractivity contribution >= 4 is 39.5 Å². The van der Waals surface area contributed by atoms with Crippen LogP contribution in [0.15, 0.2) is 0 Å². The number of aliphatic hydroxyl groups excluding tert-OH is 1. The standard InChI is InChI=1S/C80H156O17P2/c1-8-10-11-12-37-47-54-61-77(82)90-67-75(96-79(84)63-56-49-42-35-29-23-17-14-20-26-32-39-45-52-59-72(5)6)69-94-98(86,87)92-65-74(81)66-93-99(88,89)95-70-76(68-91-78(83)62-55-48-41-34-28-22-16-13-19-25-31-38-44-51-58-71(3)4)97-80(85)64-57-50-43-36-30-24-18-15-21-27-33-40-46-53-60-73(7)9-2/h71-76,81H,8-70H2,1-7H3,(H,86,87)(H,88,89)/t73?,74-,75+,76+/m0/s1. The van der Waals surface area contributed by atoms with Gasteiger partial charge < -0.3 is 33.8 Å². The molecule has 0 saturated heterocycles. The Kier molecular flexibility index (Phi) is 69.0. The summed E-state index contributed by atoms with van der Waals surface area (Å²) in [6.45, 7) is 12.0. The van der Waals surface area contributed by atoms with Crippen molar-refractivity contribution in [1.29, 1.82) is 0 Å². The minimum atomic E-state index is -4.96. The molecule has 0 amide bonds. The van der Waals surface area contributed by atoms with Gasteiger partial charge in [0.1, 0.15) is 19.3 Å². The molecule has 0 heterocycles. The minimum Gasteiger partial charge on any atom is -0.462 e. The molecule has 0 saturated carbocycles. The number of unbranched alkanes of at least 4 members (excludes halogenated alkanes) is 45. The van der Waals surface area contributed by atoms with E-state index in [0.717, 1.165) is 120 Å². The summed E-state index contributed by atoms with van der Waals surface area (Å²) in [7, 11) is -9.91. The van der Waals surface area contributed by atoms with Crippen molar-refractivity contribution in [1.82, 2.24) is 0 Å². The Hall–Kier alpha value is -1.94. The highest BCUT2D eigenvalue weighted by Crippen LogP contribution is 2.45. The maximum atomic E-state index is 13.1. The average molecular weight is 1450 g/mol. The molecule has 6 atom stereocenters. The predicted molar refractivity (Wildman–Crippen MR) is 405 cm³/mol. The van der Waals surface area contributed by atoms with Gasteiger partial charge in [0.15, 0.2) is 12.2 Å². The van der Waals surface area contributed by atoms with E-state index in [4.69, 9.17) is 37.0 Å². The number of rotatable bonds is 78. The lowest BCUT2D eigenvalue weighted by Gasteiger charge is -2.21. The Labute approximate surface area is 607 Å². The van der Waals surface area contributed by atoms with Gasteiger partial charge in [0.25, 0.3) is 0 Å². The van der Waals surface area contributed by atoms with Crippen molar-refractivity contribution in [2.75, 3.05) is 39.6 Å². The van der Waals surface area contributed by atoms with Crippen LogP contribution >= 0.6 is 15.6 Å². The monoisotopic (exact) mass is 1450 g/mol. The molecule has 99 heavy (non-hydrogen) atoms. The van der Waals surface area contributed by atoms with E-state index in [-0.39, 0.29) is 25.7 Å². The summed E-state index contributed by atoms with van der Waals surface area (Å²) in [5.74, 6) is 0.325. The molecule has 588 valence electrons. The summed E-state index contributed by atoms with van der Waals surface area (Å²) < 4.78 is 68.6. The largest absolute Gasteiger partial charge is 0.472 e. The van der Waals surface area contributed by atoms with Crippen molar-refractivity contribution in [3.63, 3.8) is 0 Å². The van der Waals surface area contributed by atoms with Crippen molar-refractivity contribution < 1.29 is 80.2 Å². The first-order valence-electron chi connectivity index (χ1n) is 41.4. The van der Waals surface area contributed by atoms with Crippen molar-refractivity contribution in [3.05, 3.63) is 0 Å². The number of hydrogen-bond acceptors (Lipinski definition) is 15. The Morgan fingerprint density at radius 3 is 0.768 bits per heavy atom. The van der Waals surface area contributed by atoms with Crippen molar-refractivity contribution in [2.45, 2.75) is 433 Å². The lowest BCUT2D eigenvalue weighted by Crippen LogP contribution is -2.30. The van der Waals surface area contributed by atoms with Crippen molar-refractivity contribution in [3.8, 4) is 0 Å². The molecule has 3 N–H and O–H groups in total. The quantitative estimate of drug-likeness (QED) is 0.0222. The molecule has 0 aromatic heterocycles. The van der Waals surface area contributed by atoms with Gasteiger partial charge >= 0.3 is 39.5 Å². The van der Waals surface area contributed by atoms with Crippen LogP contribution in [-0.4, -0.2) is 96.7 Å². The second kappa shape index (κ2) is 70.4. The summed E-state index contributed by atoms with van der Waals surface area (Å²) >= 11 is 0. The molecule has 0 aliphatic rings. The van der Waals surface area contributed by atoms with Gasteiger partial charge in [0.2, 0.25) is 0 Å². The number of carbonyl (C=O) groups is 4. The molecule has 0 radical (unpaired) electrons. The van der Waals surface area contributed by atoms with Gasteiger partial charge in [-0.2, -0.15) is 0 Å². The zero-order chi connectivity index (χ0) is 73.0. The highest BCUT2D eigenvalue weighted by molar-refractivity contribution is 7.47. The zero-order valence-electron chi connectivity index (χ0n) is 65.0. The molecule has 3 unspecified atom stereocenters. The van der Waals surface area contributed by atoms with Crippen LogP contribution in [0.1, 0.15) is 414 Å². The topological polar surface area (TPSA) is 237 Å². The molecule has 19 heteroatoms. The van der Waals surface area contributed by atoms with Crippen LogP contribution in [-0.2, 0) is 65.4 Å². The van der Waals surface area contributed by atoms with E-state index in [1.54, 1.807) is 0 Å². The van der Waals surface area contributed by atoms with Gasteiger partial charge in [-0.15, -0.1) is 0 Å². The van der Waals surface area contributed by atoms with Gasteiger partial charge in [0, 0.05) is 25.7 Å². The first-order valence-corrected chi connectivity index (χ1v) is 44.4. The molecule has 0 aromatic rings. The number of phosphoric acid groups is 2. The maximum absolute atomic E-state index is 13.1. The van der Waals surface area contributed by atoms with Crippen molar-refractivity contribution in [2.24, 2.45) is 17.8 Å². The number of hydrogen-bond donors (Lipinski definition) is 3. The summed E-state index contributed by atoms with van der Waals surface area (Å²) in [4.78, 5) is 72.9. The molecule has 0 rings (SSSR count). The van der Waals surface area contributed by atoms with Gasteiger partial charge in [-0.1, -0.05) is 363 Å². The minimum absolute atomic E-state index is 0.107. The third-order valence-electron chi connectivity index (χ3n) is 19.0. The van der Waals surface area contributed by atoms with Crippen LogP contribution in [0.5, 0.6) is 0 Å². The summed E-state index contributed by atoms with van der Waals surface area (Å²) in [5, 5.41) is 10.6. The second-order valence-electron chi connectivity index (χ2n) is 30.0. The van der Waals surface area contributed by atoms with Gasteiger partial charge in [-0.05, 0) is 43.4 Å². The van der Waals surface area contributed by atoms with Crippen LogP contribution in [0.3, 0.4) is 0 Å². The van der Waals surface area contributed by atoms with E-state index in [2.05, 4.69) is 48.5 Å². The smallest absolute Gasteiger partial charge is 0.462 e. The van der Waals surface area contributed by atoms with E-state index in [0.29, 0.717) is 25.7 Å². The first-order chi connectivity index (χ1) is 47.8. The Morgan fingerprint density at radius 2 is 0.515 bits per heavy atom. The summed E-state index contributed by atoms with van der Waals surface area (Å²) in [6.07, 6.45) is 58.3. The van der Waals surface area contributed by atoms with Crippen LogP contribution < -0.4 is 0 Å². The molecule has 0 aromatic carbocycles. The number of carbonyl (C=O) groups excluding carboxylic acids is 4. The van der Waals surface area contributed by atoms with Gasteiger partial charge in [-0.25, -0.2) is 9.13 Å². The number of phosphoric ester groups is 2. The van der Waals surface area contributed by atoms with E-state index in [9.17, 15) is 43.2 Å². The third kappa shape index (κ3) is 72.8. The molecule has 0 fully saturated rings.